The van der Waals surface area contributed by atoms with Crippen molar-refractivity contribution in [2.45, 2.75) is 32.4 Å². The molecule has 6 nitrogen and oxygen atoms in total. The van der Waals surface area contributed by atoms with Crippen LogP contribution < -0.4 is 5.56 Å². The number of hydrogen-bond donors (Lipinski definition) is 0. The monoisotopic (exact) mass is 405 g/mol. The number of carbonyl (C=O) groups is 1. The third-order valence-electron chi connectivity index (χ3n) is 6.45. The molecule has 7 heteroatoms. The van der Waals surface area contributed by atoms with Gasteiger partial charge in [0, 0.05) is 55.7 Å². The van der Waals surface area contributed by atoms with Crippen LogP contribution in [0.1, 0.15) is 30.5 Å². The number of fused-ring (bicyclic) bond motifs is 4. The number of nitrogens with zero attached hydrogens (tertiary/aromatic N) is 3. The van der Waals surface area contributed by atoms with Crippen LogP contribution in [0.5, 0.6) is 0 Å². The van der Waals surface area contributed by atoms with Crippen LogP contribution >= 0.6 is 11.8 Å². The van der Waals surface area contributed by atoms with E-state index in [0.29, 0.717) is 25.7 Å². The fourth-order valence-corrected chi connectivity index (χ4v) is 5.30. The number of ether oxygens (including phenoxy) is 1. The number of amides is 1. The van der Waals surface area contributed by atoms with Gasteiger partial charge in [0.2, 0.25) is 5.91 Å². The molecule has 4 heterocycles. The standard InChI is InChI=1S/C21H31N3O3S/c1-21(13-27-14-21)20(26)23-9-15-8-17(12-23)18-5-4-16(19(25)24(18)10-15)11-22(2)6-7-28-3/h4-5,15,17H,6-14H2,1-3H3/t15-,17+/m0/s1. The molecule has 4 rings (SSSR count). The summed E-state index contributed by atoms with van der Waals surface area (Å²) in [4.78, 5) is 30.3. The molecular formula is C21H31N3O3S. The maximum atomic E-state index is 13.1. The van der Waals surface area contributed by atoms with Gasteiger partial charge in [0.15, 0.2) is 0 Å². The molecule has 2 fully saturated rings. The molecule has 0 aliphatic carbocycles. The van der Waals surface area contributed by atoms with Crippen LogP contribution in [0.4, 0.5) is 0 Å². The average molecular weight is 406 g/mol. The lowest BCUT2D eigenvalue weighted by atomic mass is 9.80. The Balaban J connectivity index is 1.52. The van der Waals surface area contributed by atoms with E-state index in [4.69, 9.17) is 4.74 Å². The van der Waals surface area contributed by atoms with Gasteiger partial charge in [0.1, 0.15) is 0 Å². The van der Waals surface area contributed by atoms with E-state index in [1.54, 1.807) is 0 Å². The van der Waals surface area contributed by atoms with Gasteiger partial charge in [0.25, 0.3) is 5.56 Å². The summed E-state index contributed by atoms with van der Waals surface area (Å²) in [6.07, 6.45) is 3.18. The predicted octanol–water partition coefficient (Wildman–Crippen LogP) is 1.63. The highest BCUT2D eigenvalue weighted by Gasteiger charge is 2.46. The molecule has 1 aromatic heterocycles. The van der Waals surface area contributed by atoms with E-state index < -0.39 is 0 Å². The van der Waals surface area contributed by atoms with Gasteiger partial charge in [-0.15, -0.1) is 0 Å². The van der Waals surface area contributed by atoms with E-state index >= 15 is 0 Å². The zero-order valence-electron chi connectivity index (χ0n) is 17.1. The molecule has 2 saturated heterocycles. The lowest BCUT2D eigenvalue weighted by Crippen LogP contribution is -2.57. The van der Waals surface area contributed by atoms with Crippen LogP contribution in [0, 0.1) is 11.3 Å². The molecule has 0 N–H and O–H groups in total. The molecule has 0 aromatic carbocycles. The first-order valence-electron chi connectivity index (χ1n) is 10.2. The molecule has 1 amide bonds. The molecule has 0 unspecified atom stereocenters. The summed E-state index contributed by atoms with van der Waals surface area (Å²) in [6, 6.07) is 4.13. The van der Waals surface area contributed by atoms with Crippen molar-refractivity contribution in [3.05, 3.63) is 33.7 Å². The number of thioether (sulfide) groups is 1. The Morgan fingerprint density at radius 3 is 2.79 bits per heavy atom. The molecule has 2 atom stereocenters. The zero-order chi connectivity index (χ0) is 19.9. The van der Waals surface area contributed by atoms with Crippen LogP contribution in [0.2, 0.25) is 0 Å². The van der Waals surface area contributed by atoms with E-state index in [1.165, 1.54) is 0 Å². The maximum absolute atomic E-state index is 13.1. The van der Waals surface area contributed by atoms with Crippen molar-refractivity contribution in [2.24, 2.45) is 11.3 Å². The van der Waals surface area contributed by atoms with Crippen molar-refractivity contribution in [3.63, 3.8) is 0 Å². The van der Waals surface area contributed by atoms with Crippen LogP contribution in [0.3, 0.4) is 0 Å². The van der Waals surface area contributed by atoms with Gasteiger partial charge in [0.05, 0.1) is 18.6 Å². The van der Waals surface area contributed by atoms with Gasteiger partial charge >= 0.3 is 0 Å². The van der Waals surface area contributed by atoms with Crippen molar-refractivity contribution >= 4 is 17.7 Å². The summed E-state index contributed by atoms with van der Waals surface area (Å²) >= 11 is 1.82. The zero-order valence-corrected chi connectivity index (χ0v) is 18.0. The quantitative estimate of drug-likeness (QED) is 0.720. The van der Waals surface area contributed by atoms with E-state index in [1.807, 2.05) is 34.2 Å². The van der Waals surface area contributed by atoms with Crippen molar-refractivity contribution in [1.29, 1.82) is 0 Å². The topological polar surface area (TPSA) is 54.8 Å². The Hall–Kier alpha value is -1.31. The number of rotatable bonds is 6. The Morgan fingerprint density at radius 2 is 2.11 bits per heavy atom. The summed E-state index contributed by atoms with van der Waals surface area (Å²) in [5, 5.41) is 0. The fourth-order valence-electron chi connectivity index (χ4n) is 4.81. The second-order valence-electron chi connectivity index (χ2n) is 8.99. The molecule has 154 valence electrons. The summed E-state index contributed by atoms with van der Waals surface area (Å²) in [5.74, 6) is 1.91. The lowest BCUT2D eigenvalue weighted by molar-refractivity contribution is -0.171. The SMILES string of the molecule is CSCCN(C)Cc1ccc2n(c1=O)C[C@H]1C[C@@H]2CN(C(=O)C2(C)COC2)C1. The van der Waals surface area contributed by atoms with Crippen LogP contribution in [0.25, 0.3) is 0 Å². The highest BCUT2D eigenvalue weighted by atomic mass is 32.2. The van der Waals surface area contributed by atoms with Gasteiger partial charge in [-0.05, 0) is 38.6 Å². The summed E-state index contributed by atoms with van der Waals surface area (Å²) in [6.45, 7) is 6.94. The van der Waals surface area contributed by atoms with Gasteiger partial charge in [-0.2, -0.15) is 11.8 Å². The molecule has 0 radical (unpaired) electrons. The fraction of sp³-hybridized carbons (Fsp3) is 0.714. The third-order valence-corrected chi connectivity index (χ3v) is 7.04. The van der Waals surface area contributed by atoms with Crippen molar-refractivity contribution in [1.82, 2.24) is 14.4 Å². The minimum atomic E-state index is -0.351. The van der Waals surface area contributed by atoms with E-state index in [9.17, 15) is 9.59 Å². The second-order valence-corrected chi connectivity index (χ2v) is 9.98. The highest BCUT2D eigenvalue weighted by molar-refractivity contribution is 7.98. The van der Waals surface area contributed by atoms with E-state index in [0.717, 1.165) is 49.6 Å². The first-order valence-corrected chi connectivity index (χ1v) is 11.6. The Kier molecular flexibility index (Phi) is 5.60. The Labute approximate surface area is 171 Å². The predicted molar refractivity (Wildman–Crippen MR) is 112 cm³/mol. The summed E-state index contributed by atoms with van der Waals surface area (Å²) in [7, 11) is 2.07. The number of piperidine rings is 1. The van der Waals surface area contributed by atoms with Crippen LogP contribution in [-0.2, 0) is 22.6 Å². The van der Waals surface area contributed by atoms with Crippen LogP contribution in [-0.4, -0.2) is 72.2 Å². The number of likely N-dealkylation sites (tertiary alicyclic amines) is 1. The van der Waals surface area contributed by atoms with Crippen LogP contribution in [0.15, 0.2) is 16.9 Å². The second kappa shape index (κ2) is 7.84. The maximum Gasteiger partial charge on any atom is 0.255 e. The first-order chi connectivity index (χ1) is 13.4. The van der Waals surface area contributed by atoms with Gasteiger partial charge in [-0.3, -0.25) is 9.59 Å². The number of hydrogen-bond acceptors (Lipinski definition) is 5. The number of pyridine rings is 1. The molecule has 3 aliphatic rings. The highest BCUT2D eigenvalue weighted by Crippen LogP contribution is 2.38. The molecule has 0 saturated carbocycles. The van der Waals surface area contributed by atoms with Crippen molar-refractivity contribution in [3.8, 4) is 0 Å². The normalized spacial score (nSPS) is 25.4. The smallest absolute Gasteiger partial charge is 0.255 e. The van der Waals surface area contributed by atoms with E-state index in [2.05, 4.69) is 24.3 Å². The minimum absolute atomic E-state index is 0.155. The van der Waals surface area contributed by atoms with Gasteiger partial charge in [-0.1, -0.05) is 6.07 Å². The molecule has 3 aliphatic heterocycles. The minimum Gasteiger partial charge on any atom is -0.379 e. The summed E-state index contributed by atoms with van der Waals surface area (Å²) < 4.78 is 7.28. The van der Waals surface area contributed by atoms with Crippen molar-refractivity contribution in [2.75, 3.05) is 51.9 Å². The Morgan fingerprint density at radius 1 is 1.32 bits per heavy atom. The lowest BCUT2D eigenvalue weighted by Gasteiger charge is -2.47. The molecule has 2 bridgehead atoms. The third kappa shape index (κ3) is 3.64. The molecule has 28 heavy (non-hydrogen) atoms. The molecule has 1 aromatic rings. The van der Waals surface area contributed by atoms with Crippen molar-refractivity contribution < 1.29 is 9.53 Å². The average Bonchev–Trinajstić information content (AvgIpc) is 2.66. The van der Waals surface area contributed by atoms with Gasteiger partial charge in [-0.25, -0.2) is 0 Å². The van der Waals surface area contributed by atoms with E-state index in [-0.39, 0.29) is 22.8 Å². The first kappa shape index (κ1) is 20.0. The number of aromatic nitrogens is 1. The molecular weight excluding hydrogens is 374 g/mol. The summed E-state index contributed by atoms with van der Waals surface area (Å²) in [5.41, 5.74) is 1.78. The van der Waals surface area contributed by atoms with Gasteiger partial charge < -0.3 is 19.1 Å². The largest absolute Gasteiger partial charge is 0.379 e. The number of carbonyl (C=O) groups excluding carboxylic acids is 1. The molecule has 0 spiro atoms. The Bertz CT molecular complexity index is 805.